The molecular weight excluding hydrogens is 322 g/mol. The van der Waals surface area contributed by atoms with E-state index in [2.05, 4.69) is 35.1 Å². The monoisotopic (exact) mass is 345 g/mol. The summed E-state index contributed by atoms with van der Waals surface area (Å²) in [5.41, 5.74) is -0.293. The van der Waals surface area contributed by atoms with Crippen LogP contribution in [0.1, 0.15) is 26.3 Å². The molecule has 5 heteroatoms. The maximum Gasteiger partial charge on any atom is 0.142 e. The SMILES string of the molecule is COc1ccc(C(C)(O)CNCC(C)C)c(OC)c1Br. The summed E-state index contributed by atoms with van der Waals surface area (Å²) in [6.45, 7) is 7.35. The minimum Gasteiger partial charge on any atom is -0.495 e. The van der Waals surface area contributed by atoms with E-state index in [1.807, 2.05) is 12.1 Å². The molecule has 1 aromatic carbocycles. The highest BCUT2D eigenvalue weighted by Crippen LogP contribution is 2.41. The number of aliphatic hydroxyl groups is 1. The molecule has 1 unspecified atom stereocenters. The minimum atomic E-state index is -1.02. The Morgan fingerprint density at radius 2 is 1.95 bits per heavy atom. The van der Waals surface area contributed by atoms with Gasteiger partial charge in [0.1, 0.15) is 21.6 Å². The predicted octanol–water partition coefficient (Wildman–Crippen LogP) is 2.92. The first-order chi connectivity index (χ1) is 9.33. The number of benzene rings is 1. The molecule has 1 aromatic rings. The topological polar surface area (TPSA) is 50.7 Å². The molecule has 114 valence electrons. The smallest absolute Gasteiger partial charge is 0.142 e. The molecule has 2 N–H and O–H groups in total. The van der Waals surface area contributed by atoms with Gasteiger partial charge in [0.05, 0.1) is 14.2 Å². The number of ether oxygens (including phenoxy) is 2. The number of hydrogen-bond donors (Lipinski definition) is 2. The lowest BCUT2D eigenvalue weighted by molar-refractivity contribution is 0.0536. The van der Waals surface area contributed by atoms with Crippen LogP contribution in [0.3, 0.4) is 0 Å². The Morgan fingerprint density at radius 1 is 1.30 bits per heavy atom. The highest BCUT2D eigenvalue weighted by atomic mass is 79.9. The van der Waals surface area contributed by atoms with Gasteiger partial charge in [-0.25, -0.2) is 0 Å². The van der Waals surface area contributed by atoms with Crippen LogP contribution < -0.4 is 14.8 Å². The van der Waals surface area contributed by atoms with E-state index in [-0.39, 0.29) is 0 Å². The summed E-state index contributed by atoms with van der Waals surface area (Å²) < 4.78 is 11.4. The Hall–Kier alpha value is -0.780. The van der Waals surface area contributed by atoms with E-state index in [0.29, 0.717) is 28.4 Å². The third kappa shape index (κ3) is 4.11. The van der Waals surface area contributed by atoms with Crippen LogP contribution in [0.2, 0.25) is 0 Å². The Labute approximate surface area is 129 Å². The molecule has 0 saturated heterocycles. The van der Waals surface area contributed by atoms with E-state index in [4.69, 9.17) is 9.47 Å². The Morgan fingerprint density at radius 3 is 2.45 bits per heavy atom. The number of methoxy groups -OCH3 is 2. The number of rotatable bonds is 7. The van der Waals surface area contributed by atoms with Gasteiger partial charge in [0.2, 0.25) is 0 Å². The van der Waals surface area contributed by atoms with Gasteiger partial charge in [-0.1, -0.05) is 13.8 Å². The highest BCUT2D eigenvalue weighted by molar-refractivity contribution is 9.10. The zero-order chi connectivity index (χ0) is 15.3. The highest BCUT2D eigenvalue weighted by Gasteiger charge is 2.28. The third-order valence-corrected chi connectivity index (χ3v) is 3.84. The van der Waals surface area contributed by atoms with E-state index < -0.39 is 5.60 Å². The van der Waals surface area contributed by atoms with Gasteiger partial charge in [-0.15, -0.1) is 0 Å². The van der Waals surface area contributed by atoms with Crippen LogP contribution in [0, 0.1) is 5.92 Å². The van der Waals surface area contributed by atoms with E-state index in [9.17, 15) is 5.11 Å². The molecule has 4 nitrogen and oxygen atoms in total. The number of hydrogen-bond acceptors (Lipinski definition) is 4. The zero-order valence-electron chi connectivity index (χ0n) is 12.8. The van der Waals surface area contributed by atoms with Gasteiger partial charge >= 0.3 is 0 Å². The third-order valence-electron chi connectivity index (χ3n) is 3.09. The lowest BCUT2D eigenvalue weighted by Gasteiger charge is -2.27. The molecule has 0 aliphatic heterocycles. The first kappa shape index (κ1) is 17.3. The second-order valence-corrected chi connectivity index (χ2v) is 6.25. The van der Waals surface area contributed by atoms with E-state index >= 15 is 0 Å². The normalized spacial score (nSPS) is 14.2. The lowest BCUT2D eigenvalue weighted by Crippen LogP contribution is -2.37. The molecule has 0 bridgehead atoms. The molecule has 0 aliphatic carbocycles. The van der Waals surface area contributed by atoms with Crippen molar-refractivity contribution in [1.82, 2.24) is 5.32 Å². The van der Waals surface area contributed by atoms with Crippen molar-refractivity contribution in [3.63, 3.8) is 0 Å². The molecule has 0 aliphatic rings. The average molecular weight is 346 g/mol. The van der Waals surface area contributed by atoms with Crippen molar-refractivity contribution in [2.45, 2.75) is 26.4 Å². The maximum absolute atomic E-state index is 10.7. The Balaban J connectivity index is 3.02. The second kappa shape index (κ2) is 7.29. The number of nitrogens with one attached hydrogen (secondary N) is 1. The number of halogens is 1. The van der Waals surface area contributed by atoms with Gasteiger partial charge in [0.25, 0.3) is 0 Å². The summed E-state index contributed by atoms with van der Waals surface area (Å²) in [5, 5.41) is 14.0. The van der Waals surface area contributed by atoms with Gasteiger partial charge in [0, 0.05) is 12.1 Å². The van der Waals surface area contributed by atoms with Gasteiger partial charge in [0.15, 0.2) is 0 Å². The molecule has 0 saturated carbocycles. The van der Waals surface area contributed by atoms with E-state index in [1.165, 1.54) is 0 Å². The molecule has 0 fully saturated rings. The van der Waals surface area contributed by atoms with Crippen LogP contribution in [-0.4, -0.2) is 32.4 Å². The van der Waals surface area contributed by atoms with Crippen LogP contribution in [0.4, 0.5) is 0 Å². The largest absolute Gasteiger partial charge is 0.495 e. The van der Waals surface area contributed by atoms with Crippen LogP contribution in [-0.2, 0) is 5.60 Å². The van der Waals surface area contributed by atoms with Gasteiger partial charge in [-0.3, -0.25) is 0 Å². The summed E-state index contributed by atoms with van der Waals surface area (Å²) >= 11 is 3.45. The van der Waals surface area contributed by atoms with Gasteiger partial charge in [-0.05, 0) is 47.4 Å². The fraction of sp³-hybridized carbons (Fsp3) is 0.600. The summed E-state index contributed by atoms with van der Waals surface area (Å²) in [5.74, 6) is 1.81. The van der Waals surface area contributed by atoms with Crippen molar-refractivity contribution in [2.24, 2.45) is 5.92 Å². The van der Waals surface area contributed by atoms with Crippen molar-refractivity contribution in [3.8, 4) is 11.5 Å². The molecular formula is C15H24BrNO3. The van der Waals surface area contributed by atoms with Crippen LogP contribution >= 0.6 is 15.9 Å². The van der Waals surface area contributed by atoms with Crippen molar-refractivity contribution in [1.29, 1.82) is 0 Å². The first-order valence-corrected chi connectivity index (χ1v) is 7.46. The molecule has 1 rings (SSSR count). The summed E-state index contributed by atoms with van der Waals surface area (Å²) in [6, 6.07) is 3.65. The molecule has 0 aromatic heterocycles. The second-order valence-electron chi connectivity index (χ2n) is 5.46. The molecule has 0 radical (unpaired) electrons. The first-order valence-electron chi connectivity index (χ1n) is 6.67. The van der Waals surface area contributed by atoms with Crippen LogP contribution in [0.5, 0.6) is 11.5 Å². The lowest BCUT2D eigenvalue weighted by atomic mass is 9.94. The Kier molecular flexibility index (Phi) is 6.30. The molecule has 0 amide bonds. The average Bonchev–Trinajstić information content (AvgIpc) is 2.37. The summed E-state index contributed by atoms with van der Waals surface area (Å²) in [6.07, 6.45) is 0. The standard InChI is InChI=1S/C15H24BrNO3/c1-10(2)8-17-9-15(3,18)11-6-7-12(19-4)13(16)14(11)20-5/h6-7,10,17-18H,8-9H2,1-5H3. The quantitative estimate of drug-likeness (QED) is 0.797. The predicted molar refractivity (Wildman–Crippen MR) is 84.5 cm³/mol. The van der Waals surface area contributed by atoms with Crippen LogP contribution in [0.25, 0.3) is 0 Å². The van der Waals surface area contributed by atoms with Crippen molar-refractivity contribution in [2.75, 3.05) is 27.3 Å². The molecule has 0 spiro atoms. The van der Waals surface area contributed by atoms with E-state index in [0.717, 1.165) is 12.1 Å². The van der Waals surface area contributed by atoms with Crippen molar-refractivity contribution in [3.05, 3.63) is 22.2 Å². The Bertz CT molecular complexity index is 447. The summed E-state index contributed by atoms with van der Waals surface area (Å²) in [4.78, 5) is 0. The maximum atomic E-state index is 10.7. The van der Waals surface area contributed by atoms with E-state index in [1.54, 1.807) is 21.1 Å². The molecule has 0 heterocycles. The van der Waals surface area contributed by atoms with Crippen molar-refractivity contribution < 1.29 is 14.6 Å². The molecule has 1 atom stereocenters. The van der Waals surface area contributed by atoms with Crippen molar-refractivity contribution >= 4 is 15.9 Å². The van der Waals surface area contributed by atoms with Gasteiger partial charge in [-0.2, -0.15) is 0 Å². The zero-order valence-corrected chi connectivity index (χ0v) is 14.4. The van der Waals surface area contributed by atoms with Crippen LogP contribution in [0.15, 0.2) is 16.6 Å². The summed E-state index contributed by atoms with van der Waals surface area (Å²) in [7, 11) is 3.18. The fourth-order valence-corrected chi connectivity index (χ4v) is 2.69. The molecule has 20 heavy (non-hydrogen) atoms. The minimum absolute atomic E-state index is 0.459. The fourth-order valence-electron chi connectivity index (χ4n) is 2.02. The van der Waals surface area contributed by atoms with Gasteiger partial charge < -0.3 is 19.9 Å².